The number of aliphatic carboxylic acids is 1. The molecule has 0 aromatic heterocycles. The Kier molecular flexibility index (Phi) is 4.15. The minimum Gasteiger partial charge on any atom is -0.480 e. The molecule has 102 valence electrons. The van der Waals surface area contributed by atoms with E-state index in [0.717, 1.165) is 17.0 Å². The van der Waals surface area contributed by atoms with Crippen LogP contribution in [0.5, 0.6) is 0 Å². The maximum atomic E-state index is 13.2. The van der Waals surface area contributed by atoms with Crippen LogP contribution >= 0.6 is 0 Å². The number of aryl methyl sites for hydroxylation is 1. The average Bonchev–Trinajstić information content (AvgIpc) is 2.25. The fourth-order valence-electron chi connectivity index (χ4n) is 1.62. The Bertz CT molecular complexity index is 558. The first-order valence-corrected chi connectivity index (χ1v) is 5.15. The summed E-state index contributed by atoms with van der Waals surface area (Å²) in [4.78, 5) is 33.3. The van der Waals surface area contributed by atoms with Crippen molar-refractivity contribution in [3.05, 3.63) is 39.2 Å². The highest BCUT2D eigenvalue weighted by Crippen LogP contribution is 2.25. The van der Waals surface area contributed by atoms with Crippen LogP contribution in [0.15, 0.2) is 12.1 Å². The first-order chi connectivity index (χ1) is 8.73. The highest BCUT2D eigenvalue weighted by atomic mass is 19.1. The van der Waals surface area contributed by atoms with Crippen LogP contribution < -0.4 is 0 Å². The van der Waals surface area contributed by atoms with Gasteiger partial charge < -0.3 is 10.0 Å². The van der Waals surface area contributed by atoms with Crippen LogP contribution in [0, 0.1) is 22.9 Å². The summed E-state index contributed by atoms with van der Waals surface area (Å²) in [5.41, 5.74) is -0.994. The van der Waals surface area contributed by atoms with Crippen molar-refractivity contribution in [2.75, 3.05) is 13.6 Å². The number of carboxylic acids is 1. The van der Waals surface area contributed by atoms with E-state index in [2.05, 4.69) is 0 Å². The Morgan fingerprint density at radius 1 is 1.47 bits per heavy atom. The topological polar surface area (TPSA) is 101 Å². The number of nitro benzene ring substituents is 1. The standard InChI is InChI=1S/C11H11FN2O5/c1-6-3-7(12)4-8(10(6)14(18)19)11(17)13(2)5-9(15)16/h3-4H,5H2,1-2H3,(H,15,16). The number of benzene rings is 1. The number of amides is 1. The number of carboxylic acid groups (broad SMARTS) is 1. The van der Waals surface area contributed by atoms with Crippen molar-refractivity contribution in [1.29, 1.82) is 0 Å². The maximum absolute atomic E-state index is 13.2. The molecule has 0 aliphatic heterocycles. The molecule has 0 bridgehead atoms. The van der Waals surface area contributed by atoms with Crippen LogP contribution in [0.1, 0.15) is 15.9 Å². The molecule has 7 nitrogen and oxygen atoms in total. The number of rotatable bonds is 4. The van der Waals surface area contributed by atoms with Crippen LogP contribution in [0.25, 0.3) is 0 Å². The monoisotopic (exact) mass is 270 g/mol. The molecule has 0 aliphatic rings. The Morgan fingerprint density at radius 3 is 2.53 bits per heavy atom. The van der Waals surface area contributed by atoms with Gasteiger partial charge in [-0.05, 0) is 19.1 Å². The number of halogens is 1. The van der Waals surface area contributed by atoms with E-state index in [-0.39, 0.29) is 5.56 Å². The van der Waals surface area contributed by atoms with Gasteiger partial charge in [0.05, 0.1) is 4.92 Å². The zero-order valence-corrected chi connectivity index (χ0v) is 10.2. The number of nitrogens with zero attached hydrogens (tertiary/aromatic N) is 2. The summed E-state index contributed by atoms with van der Waals surface area (Å²) in [5.74, 6) is -2.99. The molecule has 8 heteroatoms. The summed E-state index contributed by atoms with van der Waals surface area (Å²) < 4.78 is 13.2. The molecule has 1 rings (SSSR count). The summed E-state index contributed by atoms with van der Waals surface area (Å²) in [6, 6.07) is 1.66. The van der Waals surface area contributed by atoms with Crippen molar-refractivity contribution < 1.29 is 24.0 Å². The molecule has 1 amide bonds. The minimum absolute atomic E-state index is 0.00271. The van der Waals surface area contributed by atoms with Crippen LogP contribution in [0.4, 0.5) is 10.1 Å². The summed E-state index contributed by atoms with van der Waals surface area (Å²) in [6.07, 6.45) is 0. The van der Waals surface area contributed by atoms with Gasteiger partial charge in [0.2, 0.25) is 0 Å². The number of carbonyl (C=O) groups excluding carboxylic acids is 1. The first-order valence-electron chi connectivity index (χ1n) is 5.15. The molecule has 0 spiro atoms. The zero-order chi connectivity index (χ0) is 14.7. The lowest BCUT2D eigenvalue weighted by molar-refractivity contribution is -0.385. The number of nitro groups is 1. The second kappa shape index (κ2) is 5.42. The summed E-state index contributed by atoms with van der Waals surface area (Å²) in [6.45, 7) is 0.667. The largest absolute Gasteiger partial charge is 0.480 e. The molecule has 1 N–H and O–H groups in total. The maximum Gasteiger partial charge on any atom is 0.323 e. The summed E-state index contributed by atoms with van der Waals surface area (Å²) >= 11 is 0. The van der Waals surface area contributed by atoms with Crippen LogP contribution in [0.3, 0.4) is 0 Å². The Balaban J connectivity index is 3.29. The molecule has 0 fully saturated rings. The lowest BCUT2D eigenvalue weighted by Crippen LogP contribution is -2.32. The molecule has 1 aromatic rings. The predicted octanol–water partition coefficient (Wildman–Crippen LogP) is 1.20. The van der Waals surface area contributed by atoms with Gasteiger partial charge in [0.15, 0.2) is 0 Å². The van der Waals surface area contributed by atoms with E-state index in [9.17, 15) is 24.1 Å². The molecule has 19 heavy (non-hydrogen) atoms. The quantitative estimate of drug-likeness (QED) is 0.654. The Hall–Kier alpha value is -2.51. The third kappa shape index (κ3) is 3.24. The van der Waals surface area contributed by atoms with E-state index in [4.69, 9.17) is 5.11 Å². The molecule has 0 unspecified atom stereocenters. The number of hydrogen-bond acceptors (Lipinski definition) is 4. The number of likely N-dealkylation sites (N-methyl/N-ethyl adjacent to an activating group) is 1. The third-order valence-corrected chi connectivity index (χ3v) is 2.40. The van der Waals surface area contributed by atoms with E-state index in [1.807, 2.05) is 0 Å². The fraction of sp³-hybridized carbons (Fsp3) is 0.273. The minimum atomic E-state index is -1.27. The number of carbonyl (C=O) groups is 2. The molecule has 0 heterocycles. The normalized spacial score (nSPS) is 10.1. The smallest absolute Gasteiger partial charge is 0.323 e. The highest BCUT2D eigenvalue weighted by Gasteiger charge is 2.27. The van der Waals surface area contributed by atoms with Gasteiger partial charge in [-0.2, -0.15) is 0 Å². The Morgan fingerprint density at radius 2 is 2.05 bits per heavy atom. The fourth-order valence-corrected chi connectivity index (χ4v) is 1.62. The SMILES string of the molecule is Cc1cc(F)cc(C(=O)N(C)CC(=O)O)c1[N+](=O)[O-]. The second-order valence-corrected chi connectivity index (χ2v) is 3.93. The predicted molar refractivity (Wildman–Crippen MR) is 62.4 cm³/mol. The molecule has 0 saturated heterocycles. The Labute approximate surface area is 107 Å². The lowest BCUT2D eigenvalue weighted by Gasteiger charge is -2.15. The van der Waals surface area contributed by atoms with Gasteiger partial charge in [0.25, 0.3) is 11.6 Å². The average molecular weight is 270 g/mol. The number of hydrogen-bond donors (Lipinski definition) is 1. The van der Waals surface area contributed by atoms with Gasteiger partial charge in [-0.15, -0.1) is 0 Å². The molecular formula is C11H11FN2O5. The zero-order valence-electron chi connectivity index (χ0n) is 10.2. The molecule has 0 radical (unpaired) electrons. The van der Waals surface area contributed by atoms with Crippen LogP contribution in [0.2, 0.25) is 0 Å². The van der Waals surface area contributed by atoms with Gasteiger partial charge in [0.1, 0.15) is 17.9 Å². The van der Waals surface area contributed by atoms with Gasteiger partial charge in [-0.25, -0.2) is 4.39 Å². The summed E-state index contributed by atoms with van der Waals surface area (Å²) in [5, 5.41) is 19.5. The van der Waals surface area contributed by atoms with Gasteiger partial charge in [-0.1, -0.05) is 0 Å². The first kappa shape index (κ1) is 14.6. The van der Waals surface area contributed by atoms with Crippen LogP contribution in [-0.4, -0.2) is 40.4 Å². The van der Waals surface area contributed by atoms with Crippen molar-refractivity contribution in [1.82, 2.24) is 4.90 Å². The molecule has 1 aromatic carbocycles. The van der Waals surface area contributed by atoms with E-state index in [1.165, 1.54) is 14.0 Å². The van der Waals surface area contributed by atoms with Crippen LogP contribution in [-0.2, 0) is 4.79 Å². The third-order valence-electron chi connectivity index (χ3n) is 2.40. The second-order valence-electron chi connectivity index (χ2n) is 3.93. The van der Waals surface area contributed by atoms with Crippen molar-refractivity contribution in [3.63, 3.8) is 0 Å². The van der Waals surface area contributed by atoms with E-state index >= 15 is 0 Å². The lowest BCUT2D eigenvalue weighted by atomic mass is 10.1. The van der Waals surface area contributed by atoms with Crippen molar-refractivity contribution in [2.24, 2.45) is 0 Å². The van der Waals surface area contributed by atoms with Gasteiger partial charge in [0, 0.05) is 12.6 Å². The molecular weight excluding hydrogens is 259 g/mol. The van der Waals surface area contributed by atoms with E-state index in [1.54, 1.807) is 0 Å². The molecule has 0 atom stereocenters. The molecule has 0 saturated carbocycles. The van der Waals surface area contributed by atoms with Crippen molar-refractivity contribution in [3.8, 4) is 0 Å². The van der Waals surface area contributed by atoms with E-state index in [0.29, 0.717) is 0 Å². The highest BCUT2D eigenvalue weighted by molar-refractivity contribution is 5.99. The van der Waals surface area contributed by atoms with E-state index < -0.39 is 40.4 Å². The summed E-state index contributed by atoms with van der Waals surface area (Å²) in [7, 11) is 1.17. The van der Waals surface area contributed by atoms with Crippen molar-refractivity contribution in [2.45, 2.75) is 6.92 Å². The van der Waals surface area contributed by atoms with Gasteiger partial charge in [-0.3, -0.25) is 19.7 Å². The van der Waals surface area contributed by atoms with Gasteiger partial charge >= 0.3 is 5.97 Å². The molecule has 0 aliphatic carbocycles. The van der Waals surface area contributed by atoms with Crippen molar-refractivity contribution >= 4 is 17.6 Å².